The van der Waals surface area contributed by atoms with Crippen molar-refractivity contribution < 1.29 is 19.4 Å². The minimum absolute atomic E-state index is 0.0615. The predicted molar refractivity (Wildman–Crippen MR) is 63.6 cm³/mol. The fourth-order valence-electron chi connectivity index (χ4n) is 3.17. The Balaban J connectivity index is 1.57. The number of carbonyl (C=O) groups excluding carboxylic acids is 1. The Hall–Kier alpha value is -0.910. The first-order valence-corrected chi connectivity index (χ1v) is 6.62. The second-order valence-electron chi connectivity index (χ2n) is 5.22. The summed E-state index contributed by atoms with van der Waals surface area (Å²) in [5.41, 5.74) is 1.02. The molecule has 0 radical (unpaired) electrons. The predicted octanol–water partition coefficient (Wildman–Crippen LogP) is 0.193. The lowest BCUT2D eigenvalue weighted by molar-refractivity contribution is -0.120. The third-order valence-corrected chi connectivity index (χ3v) is 4.17. The first-order valence-electron chi connectivity index (χ1n) is 6.62. The third kappa shape index (κ3) is 2.18. The molecule has 3 rings (SSSR count). The van der Waals surface area contributed by atoms with Gasteiger partial charge in [0.05, 0.1) is 19.3 Å². The fraction of sp³-hybridized carbons (Fsp3) is 0.769. The topological polar surface area (TPSA) is 67.8 Å². The Labute approximate surface area is 106 Å². The molecule has 18 heavy (non-hydrogen) atoms. The highest BCUT2D eigenvalue weighted by molar-refractivity contribution is 5.78. The van der Waals surface area contributed by atoms with Gasteiger partial charge in [0.25, 0.3) is 0 Å². The van der Waals surface area contributed by atoms with Gasteiger partial charge < -0.3 is 19.9 Å². The van der Waals surface area contributed by atoms with Crippen molar-refractivity contribution in [2.75, 3.05) is 19.8 Å². The van der Waals surface area contributed by atoms with Crippen LogP contribution in [0.1, 0.15) is 19.3 Å². The number of nitrogens with one attached hydrogen (secondary N) is 1. The number of aliphatic hydroxyl groups excluding tert-OH is 1. The molecule has 0 saturated carbocycles. The molecule has 3 aliphatic rings. The lowest BCUT2D eigenvalue weighted by Crippen LogP contribution is -2.31. The van der Waals surface area contributed by atoms with E-state index in [-0.39, 0.29) is 30.8 Å². The van der Waals surface area contributed by atoms with Crippen molar-refractivity contribution in [1.82, 2.24) is 5.32 Å². The number of carbonyl (C=O) groups is 1. The number of rotatable bonds is 4. The van der Waals surface area contributed by atoms with Gasteiger partial charge in [0.2, 0.25) is 5.91 Å². The maximum atomic E-state index is 11.1. The molecule has 2 saturated heterocycles. The van der Waals surface area contributed by atoms with Crippen LogP contribution in [0, 0.1) is 11.8 Å². The molecule has 0 unspecified atom stereocenters. The fourth-order valence-corrected chi connectivity index (χ4v) is 3.17. The molecule has 0 aromatic rings. The summed E-state index contributed by atoms with van der Waals surface area (Å²) in [6.45, 7) is 1.42. The van der Waals surface area contributed by atoms with Gasteiger partial charge in [-0.2, -0.15) is 0 Å². The van der Waals surface area contributed by atoms with Gasteiger partial charge in [-0.15, -0.1) is 0 Å². The summed E-state index contributed by atoms with van der Waals surface area (Å²) in [6.07, 6.45) is 4.36. The van der Waals surface area contributed by atoms with Gasteiger partial charge in [-0.1, -0.05) is 6.08 Å². The molecule has 100 valence electrons. The summed E-state index contributed by atoms with van der Waals surface area (Å²) in [6, 6.07) is 0. The lowest BCUT2D eigenvalue weighted by Gasteiger charge is -2.22. The number of aliphatic hydroxyl groups is 1. The van der Waals surface area contributed by atoms with Crippen LogP contribution in [0.5, 0.6) is 0 Å². The van der Waals surface area contributed by atoms with Crippen molar-refractivity contribution in [3.05, 3.63) is 11.6 Å². The highest BCUT2D eigenvalue weighted by Crippen LogP contribution is 2.40. The van der Waals surface area contributed by atoms with Gasteiger partial charge in [-0.25, -0.2) is 0 Å². The Morgan fingerprint density at radius 2 is 2.39 bits per heavy atom. The van der Waals surface area contributed by atoms with Gasteiger partial charge in [-0.05, 0) is 17.9 Å². The van der Waals surface area contributed by atoms with E-state index in [1.54, 1.807) is 0 Å². The molecule has 2 fully saturated rings. The second-order valence-corrected chi connectivity index (χ2v) is 5.22. The van der Waals surface area contributed by atoms with Crippen molar-refractivity contribution >= 4 is 5.91 Å². The zero-order valence-corrected chi connectivity index (χ0v) is 10.3. The minimum Gasteiger partial charge on any atom is -0.392 e. The van der Waals surface area contributed by atoms with Gasteiger partial charge in [0.1, 0.15) is 6.23 Å². The normalized spacial score (nSPS) is 38.7. The molecule has 0 aromatic carbocycles. The van der Waals surface area contributed by atoms with Crippen molar-refractivity contribution in [3.8, 4) is 0 Å². The second kappa shape index (κ2) is 4.99. The molecule has 5 nitrogen and oxygen atoms in total. The van der Waals surface area contributed by atoms with Crippen LogP contribution in [-0.2, 0) is 14.3 Å². The molecule has 0 aromatic heterocycles. The Kier molecular flexibility index (Phi) is 3.37. The van der Waals surface area contributed by atoms with E-state index < -0.39 is 0 Å². The molecule has 2 aliphatic heterocycles. The van der Waals surface area contributed by atoms with Crippen LogP contribution in [-0.4, -0.2) is 43.2 Å². The average Bonchev–Trinajstić information content (AvgIpc) is 3.02. The van der Waals surface area contributed by atoms with Crippen LogP contribution in [0.3, 0.4) is 0 Å². The van der Waals surface area contributed by atoms with Crippen molar-refractivity contribution in [1.29, 1.82) is 0 Å². The van der Waals surface area contributed by atoms with E-state index in [1.165, 1.54) is 0 Å². The van der Waals surface area contributed by atoms with Crippen LogP contribution in [0.15, 0.2) is 11.6 Å². The highest BCUT2D eigenvalue weighted by atomic mass is 16.5. The number of hydrogen-bond donors (Lipinski definition) is 2. The summed E-state index contributed by atoms with van der Waals surface area (Å²) in [7, 11) is 0. The standard InChI is InChI=1S/C13H19NO4/c15-6-8-5-11-9(3-4-17-11)10(8)7-18-13-2-1-12(16)14-13/h5,9-11,13,15H,1-4,6-7H2,(H,14,16)/t9-,10-,11+,13-/m0/s1. The number of amides is 1. The van der Waals surface area contributed by atoms with Gasteiger partial charge in [0, 0.05) is 25.4 Å². The van der Waals surface area contributed by atoms with Crippen molar-refractivity contribution in [2.24, 2.45) is 11.8 Å². The van der Waals surface area contributed by atoms with E-state index in [1.807, 2.05) is 6.08 Å². The minimum atomic E-state index is -0.154. The first-order chi connectivity index (χ1) is 8.78. The molecule has 0 spiro atoms. The summed E-state index contributed by atoms with van der Waals surface area (Å²) in [5, 5.41) is 12.2. The summed E-state index contributed by atoms with van der Waals surface area (Å²) in [5.74, 6) is 0.732. The van der Waals surface area contributed by atoms with Gasteiger partial charge >= 0.3 is 0 Å². The van der Waals surface area contributed by atoms with E-state index in [4.69, 9.17) is 9.47 Å². The average molecular weight is 253 g/mol. The molecular weight excluding hydrogens is 234 g/mol. The summed E-state index contributed by atoms with van der Waals surface area (Å²) >= 11 is 0. The monoisotopic (exact) mass is 253 g/mol. The number of ether oxygens (including phenoxy) is 2. The van der Waals surface area contributed by atoms with Gasteiger partial charge in [0.15, 0.2) is 0 Å². The van der Waals surface area contributed by atoms with Crippen LogP contribution in [0.25, 0.3) is 0 Å². The Morgan fingerprint density at radius 3 is 3.11 bits per heavy atom. The molecule has 4 atom stereocenters. The van der Waals surface area contributed by atoms with Crippen LogP contribution < -0.4 is 5.32 Å². The molecule has 1 aliphatic carbocycles. The molecule has 2 heterocycles. The SMILES string of the molecule is O=C1CC[C@H](OC[C@H]2C(CO)=C[C@H]3OCC[C@H]32)N1. The van der Waals surface area contributed by atoms with Crippen molar-refractivity contribution in [3.63, 3.8) is 0 Å². The number of hydrogen-bond acceptors (Lipinski definition) is 4. The maximum absolute atomic E-state index is 11.1. The summed E-state index contributed by atoms with van der Waals surface area (Å²) < 4.78 is 11.4. The largest absolute Gasteiger partial charge is 0.392 e. The molecule has 0 bridgehead atoms. The quantitative estimate of drug-likeness (QED) is 0.702. The Bertz CT molecular complexity index is 368. The van der Waals surface area contributed by atoms with Gasteiger partial charge in [-0.3, -0.25) is 4.79 Å². The van der Waals surface area contributed by atoms with Crippen LogP contribution in [0.4, 0.5) is 0 Å². The Morgan fingerprint density at radius 1 is 1.50 bits per heavy atom. The molecular formula is C13H19NO4. The highest BCUT2D eigenvalue weighted by Gasteiger charge is 2.41. The van der Waals surface area contributed by atoms with Crippen LogP contribution >= 0.6 is 0 Å². The first kappa shape index (κ1) is 12.1. The van der Waals surface area contributed by atoms with E-state index >= 15 is 0 Å². The van der Waals surface area contributed by atoms with E-state index in [0.29, 0.717) is 18.9 Å². The van der Waals surface area contributed by atoms with Crippen molar-refractivity contribution in [2.45, 2.75) is 31.6 Å². The molecule has 5 heteroatoms. The lowest BCUT2D eigenvalue weighted by atomic mass is 9.90. The third-order valence-electron chi connectivity index (χ3n) is 4.17. The van der Waals surface area contributed by atoms with E-state index in [2.05, 4.69) is 5.32 Å². The van der Waals surface area contributed by atoms with Crippen LogP contribution in [0.2, 0.25) is 0 Å². The maximum Gasteiger partial charge on any atom is 0.222 e. The summed E-state index contributed by atoms with van der Waals surface area (Å²) in [4.78, 5) is 11.1. The zero-order valence-electron chi connectivity index (χ0n) is 10.3. The zero-order chi connectivity index (χ0) is 12.5. The number of fused-ring (bicyclic) bond motifs is 1. The smallest absolute Gasteiger partial charge is 0.222 e. The van der Waals surface area contributed by atoms with E-state index in [9.17, 15) is 9.90 Å². The molecule has 1 amide bonds. The van der Waals surface area contributed by atoms with E-state index in [0.717, 1.165) is 25.0 Å². The molecule has 2 N–H and O–H groups in total.